The first kappa shape index (κ1) is 17.5. The number of nitrogens with one attached hydrogen (secondary N) is 1. The van der Waals surface area contributed by atoms with Crippen LogP contribution in [0.1, 0.15) is 42.3 Å². The molecular formula is C22H27N2O. The van der Waals surface area contributed by atoms with Gasteiger partial charge in [0.05, 0.1) is 0 Å². The Hall–Kier alpha value is -2.29. The summed E-state index contributed by atoms with van der Waals surface area (Å²) in [6.45, 7) is 8.45. The smallest absolute Gasteiger partial charge is 0.251 e. The predicted octanol–water partition coefficient (Wildman–Crippen LogP) is 4.25. The molecule has 1 aliphatic heterocycles. The van der Waals surface area contributed by atoms with Crippen molar-refractivity contribution in [2.24, 2.45) is 0 Å². The lowest BCUT2D eigenvalue weighted by atomic mass is 9.93. The van der Waals surface area contributed by atoms with Gasteiger partial charge in [-0.1, -0.05) is 45.0 Å². The molecule has 0 saturated heterocycles. The van der Waals surface area contributed by atoms with Crippen LogP contribution in [0.25, 0.3) is 11.1 Å². The second-order valence-corrected chi connectivity index (χ2v) is 7.03. The Kier molecular flexibility index (Phi) is 5.12. The highest BCUT2D eigenvalue weighted by molar-refractivity contribution is 5.97. The summed E-state index contributed by atoms with van der Waals surface area (Å²) in [4.78, 5) is 14.7. The number of rotatable bonds is 5. The number of amides is 1. The van der Waals surface area contributed by atoms with Gasteiger partial charge in [-0.25, -0.2) is 0 Å². The number of anilines is 1. The molecule has 25 heavy (non-hydrogen) atoms. The summed E-state index contributed by atoms with van der Waals surface area (Å²) >= 11 is 0. The number of nitrogens with zero attached hydrogens (tertiary/aromatic N) is 1. The first-order chi connectivity index (χ1) is 12.0. The monoisotopic (exact) mass is 335 g/mol. The third-order valence-corrected chi connectivity index (χ3v) is 4.84. The van der Waals surface area contributed by atoms with Gasteiger partial charge in [-0.3, -0.25) is 4.79 Å². The fourth-order valence-electron chi connectivity index (χ4n) is 3.61. The van der Waals surface area contributed by atoms with Crippen molar-refractivity contribution in [1.82, 2.24) is 5.32 Å². The normalized spacial score (nSPS) is 13.2. The number of benzene rings is 2. The van der Waals surface area contributed by atoms with Gasteiger partial charge in [0.25, 0.3) is 5.91 Å². The standard InChI is InChI=1S/C22H27N2O/c1-5-16-7-6-8-17(11-16)20-12-18(22(25)23-4)13-21-19(20)9-10-24(21)14-15(2)3/h6-8,11-13H,5,9-10,14H2,1-4H3,(H,23,25). The van der Waals surface area contributed by atoms with E-state index in [1.54, 1.807) is 7.05 Å². The van der Waals surface area contributed by atoms with Crippen molar-refractivity contribution in [2.45, 2.75) is 33.6 Å². The van der Waals surface area contributed by atoms with Gasteiger partial charge in [-0.05, 0) is 53.1 Å². The molecule has 0 bridgehead atoms. The van der Waals surface area contributed by atoms with E-state index in [2.05, 4.69) is 67.4 Å². The summed E-state index contributed by atoms with van der Waals surface area (Å²) in [5.74, 6) is 1.35. The molecule has 0 saturated carbocycles. The van der Waals surface area contributed by atoms with Crippen molar-refractivity contribution in [3.63, 3.8) is 0 Å². The van der Waals surface area contributed by atoms with Crippen LogP contribution in [0.5, 0.6) is 0 Å². The summed E-state index contributed by atoms with van der Waals surface area (Å²) in [6.07, 6.45) is 2.05. The van der Waals surface area contributed by atoms with E-state index < -0.39 is 0 Å². The van der Waals surface area contributed by atoms with E-state index in [-0.39, 0.29) is 5.91 Å². The van der Waals surface area contributed by atoms with Crippen molar-refractivity contribution < 1.29 is 4.79 Å². The number of carbonyl (C=O) groups is 1. The van der Waals surface area contributed by atoms with Gasteiger partial charge in [0, 0.05) is 31.4 Å². The van der Waals surface area contributed by atoms with E-state index in [9.17, 15) is 4.79 Å². The van der Waals surface area contributed by atoms with Crippen LogP contribution >= 0.6 is 0 Å². The van der Waals surface area contributed by atoms with Crippen molar-refractivity contribution in [1.29, 1.82) is 0 Å². The summed E-state index contributed by atoms with van der Waals surface area (Å²) in [7, 11) is 1.69. The molecule has 3 rings (SSSR count). The van der Waals surface area contributed by atoms with Crippen molar-refractivity contribution in [2.75, 3.05) is 25.0 Å². The topological polar surface area (TPSA) is 32.3 Å². The molecule has 1 amide bonds. The van der Waals surface area contributed by atoms with Crippen molar-refractivity contribution in [3.8, 4) is 11.1 Å². The molecule has 1 N–H and O–H groups in total. The second kappa shape index (κ2) is 7.30. The molecule has 1 radical (unpaired) electrons. The fraction of sp³-hybridized carbons (Fsp3) is 0.364. The third-order valence-electron chi connectivity index (χ3n) is 4.84. The summed E-state index contributed by atoms with van der Waals surface area (Å²) < 4.78 is 0. The SMILES string of the molecule is CCc1cccc(-c2cc(C(=O)NC)cc3c2CCN3C[C](C)C)c1. The average molecular weight is 335 g/mol. The van der Waals surface area contributed by atoms with Gasteiger partial charge < -0.3 is 10.2 Å². The summed E-state index contributed by atoms with van der Waals surface area (Å²) in [5, 5.41) is 2.77. The highest BCUT2D eigenvalue weighted by Crippen LogP contribution is 2.38. The Morgan fingerprint density at radius 2 is 2.00 bits per heavy atom. The molecule has 0 unspecified atom stereocenters. The van der Waals surface area contributed by atoms with E-state index in [0.717, 1.165) is 31.5 Å². The van der Waals surface area contributed by atoms with E-state index in [1.165, 1.54) is 33.9 Å². The number of aryl methyl sites for hydroxylation is 1. The Labute approximate surface area is 151 Å². The third kappa shape index (κ3) is 3.55. The quantitative estimate of drug-likeness (QED) is 0.886. The molecule has 1 aliphatic rings. The van der Waals surface area contributed by atoms with Crippen LogP contribution < -0.4 is 10.2 Å². The van der Waals surface area contributed by atoms with Crippen LogP contribution in [0.3, 0.4) is 0 Å². The second-order valence-electron chi connectivity index (χ2n) is 7.03. The van der Waals surface area contributed by atoms with Gasteiger partial charge in [-0.2, -0.15) is 0 Å². The zero-order chi connectivity index (χ0) is 18.0. The average Bonchev–Trinajstić information content (AvgIpc) is 3.02. The van der Waals surface area contributed by atoms with E-state index in [1.807, 2.05) is 0 Å². The van der Waals surface area contributed by atoms with Gasteiger partial charge in [0.2, 0.25) is 0 Å². The summed E-state index contributed by atoms with van der Waals surface area (Å²) in [5.41, 5.74) is 7.03. The molecule has 2 aromatic carbocycles. The largest absolute Gasteiger partial charge is 0.370 e. The van der Waals surface area contributed by atoms with Gasteiger partial charge in [0.15, 0.2) is 0 Å². The van der Waals surface area contributed by atoms with Gasteiger partial charge >= 0.3 is 0 Å². The van der Waals surface area contributed by atoms with Gasteiger partial charge in [-0.15, -0.1) is 0 Å². The van der Waals surface area contributed by atoms with Crippen LogP contribution in [-0.4, -0.2) is 26.0 Å². The maximum Gasteiger partial charge on any atom is 0.251 e. The molecule has 0 aromatic heterocycles. The van der Waals surface area contributed by atoms with Crippen molar-refractivity contribution in [3.05, 3.63) is 59.0 Å². The van der Waals surface area contributed by atoms with Crippen LogP contribution in [0.2, 0.25) is 0 Å². The van der Waals surface area contributed by atoms with E-state index >= 15 is 0 Å². The van der Waals surface area contributed by atoms with Crippen LogP contribution in [-0.2, 0) is 12.8 Å². The molecule has 0 aliphatic carbocycles. The minimum absolute atomic E-state index is 0.0280. The molecule has 3 nitrogen and oxygen atoms in total. The molecule has 0 atom stereocenters. The van der Waals surface area contributed by atoms with Crippen LogP contribution in [0, 0.1) is 5.92 Å². The molecule has 2 aromatic rings. The molecule has 0 spiro atoms. The highest BCUT2D eigenvalue weighted by Gasteiger charge is 2.25. The van der Waals surface area contributed by atoms with E-state index in [0.29, 0.717) is 0 Å². The number of fused-ring (bicyclic) bond motifs is 1. The fourth-order valence-corrected chi connectivity index (χ4v) is 3.61. The Morgan fingerprint density at radius 3 is 2.68 bits per heavy atom. The molecule has 131 valence electrons. The minimum atomic E-state index is -0.0280. The number of carbonyl (C=O) groups excluding carboxylic acids is 1. The lowest BCUT2D eigenvalue weighted by molar-refractivity contribution is 0.0963. The first-order valence-electron chi connectivity index (χ1n) is 9.05. The number of hydrogen-bond acceptors (Lipinski definition) is 2. The zero-order valence-electron chi connectivity index (χ0n) is 15.6. The zero-order valence-corrected chi connectivity index (χ0v) is 15.6. The van der Waals surface area contributed by atoms with Crippen LogP contribution in [0.15, 0.2) is 36.4 Å². The highest BCUT2D eigenvalue weighted by atomic mass is 16.1. The summed E-state index contributed by atoms with van der Waals surface area (Å²) in [6, 6.07) is 12.8. The number of hydrogen-bond donors (Lipinski definition) is 1. The maximum absolute atomic E-state index is 12.3. The maximum atomic E-state index is 12.3. The lowest BCUT2D eigenvalue weighted by Crippen LogP contribution is -2.25. The van der Waals surface area contributed by atoms with Crippen molar-refractivity contribution >= 4 is 11.6 Å². The Balaban J connectivity index is 2.14. The predicted molar refractivity (Wildman–Crippen MR) is 105 cm³/mol. The first-order valence-corrected chi connectivity index (χ1v) is 9.05. The minimum Gasteiger partial charge on any atom is -0.370 e. The Bertz CT molecular complexity index is 780. The van der Waals surface area contributed by atoms with E-state index in [4.69, 9.17) is 0 Å². The van der Waals surface area contributed by atoms with Gasteiger partial charge in [0.1, 0.15) is 0 Å². The Morgan fingerprint density at radius 1 is 1.20 bits per heavy atom. The molecular weight excluding hydrogens is 308 g/mol. The molecule has 0 fully saturated rings. The molecule has 3 heteroatoms. The molecule has 1 heterocycles. The van der Waals surface area contributed by atoms with Crippen LogP contribution in [0.4, 0.5) is 5.69 Å². The lowest BCUT2D eigenvalue weighted by Gasteiger charge is -2.22.